The molecular weight excluding hydrogens is 373 g/mol. The first-order valence-corrected chi connectivity index (χ1v) is 8.53. The van der Waals surface area contributed by atoms with E-state index in [0.717, 1.165) is 18.6 Å². The van der Waals surface area contributed by atoms with Gasteiger partial charge in [-0.05, 0) is 55.0 Å². The molecule has 146 valence electrons. The minimum Gasteiger partial charge on any atom is -0.338 e. The lowest BCUT2D eigenvalue weighted by Gasteiger charge is -2.06. The van der Waals surface area contributed by atoms with Gasteiger partial charge in [-0.25, -0.2) is 4.79 Å². The van der Waals surface area contributed by atoms with Crippen LogP contribution >= 0.6 is 0 Å². The number of aromatic nitrogens is 2. The molecule has 0 aliphatic carbocycles. The number of carbonyl (C=O) groups is 1. The summed E-state index contributed by atoms with van der Waals surface area (Å²) in [5, 5.41) is 9.26. The van der Waals surface area contributed by atoms with Crippen LogP contribution < -0.4 is 10.6 Å². The molecule has 2 N–H and O–H groups in total. The third kappa shape index (κ3) is 4.67. The second kappa shape index (κ2) is 8.12. The molecule has 0 saturated carbocycles. The van der Waals surface area contributed by atoms with Gasteiger partial charge >= 0.3 is 12.2 Å². The van der Waals surface area contributed by atoms with Gasteiger partial charge in [-0.15, -0.1) is 0 Å². The molecule has 0 unspecified atom stereocenters. The van der Waals surface area contributed by atoms with Crippen molar-refractivity contribution < 1.29 is 22.5 Å². The molecule has 0 atom stereocenters. The lowest BCUT2D eigenvalue weighted by atomic mass is 10.1. The molecule has 9 heteroatoms. The first-order valence-electron chi connectivity index (χ1n) is 8.53. The molecule has 2 amide bonds. The third-order valence-electron chi connectivity index (χ3n) is 3.82. The minimum absolute atomic E-state index is 0.116. The van der Waals surface area contributed by atoms with Crippen LogP contribution in [0.25, 0.3) is 22.8 Å². The summed E-state index contributed by atoms with van der Waals surface area (Å²) in [6, 6.07) is 11.0. The van der Waals surface area contributed by atoms with E-state index in [1.807, 2.05) is 6.92 Å². The van der Waals surface area contributed by atoms with E-state index in [1.54, 1.807) is 24.3 Å². The molecule has 0 spiro atoms. The predicted octanol–water partition coefficient (Wildman–Crippen LogP) is 4.95. The number of hydrogen-bond donors (Lipinski definition) is 2. The van der Waals surface area contributed by atoms with Crippen molar-refractivity contribution in [3.63, 3.8) is 0 Å². The first-order chi connectivity index (χ1) is 13.4. The van der Waals surface area contributed by atoms with E-state index in [4.69, 9.17) is 4.52 Å². The van der Waals surface area contributed by atoms with Crippen LogP contribution in [-0.2, 0) is 6.18 Å². The van der Waals surface area contributed by atoms with Crippen LogP contribution in [-0.4, -0.2) is 22.7 Å². The summed E-state index contributed by atoms with van der Waals surface area (Å²) in [7, 11) is 0. The maximum Gasteiger partial charge on any atom is 0.416 e. The smallest absolute Gasteiger partial charge is 0.338 e. The number of halogens is 3. The van der Waals surface area contributed by atoms with Gasteiger partial charge < -0.3 is 15.2 Å². The molecule has 28 heavy (non-hydrogen) atoms. The topological polar surface area (TPSA) is 80.0 Å². The van der Waals surface area contributed by atoms with Gasteiger partial charge in [-0.1, -0.05) is 12.1 Å². The highest BCUT2D eigenvalue weighted by molar-refractivity contribution is 5.89. The van der Waals surface area contributed by atoms with E-state index >= 15 is 0 Å². The average molecular weight is 390 g/mol. The fraction of sp³-hybridized carbons (Fsp3) is 0.211. The average Bonchev–Trinajstić information content (AvgIpc) is 3.16. The van der Waals surface area contributed by atoms with Crippen LogP contribution in [0.3, 0.4) is 0 Å². The van der Waals surface area contributed by atoms with E-state index < -0.39 is 11.7 Å². The second-order valence-corrected chi connectivity index (χ2v) is 5.96. The maximum atomic E-state index is 12.6. The molecule has 3 aromatic rings. The number of hydrogen-bond acceptors (Lipinski definition) is 4. The van der Waals surface area contributed by atoms with Crippen LogP contribution in [0.15, 0.2) is 53.1 Å². The van der Waals surface area contributed by atoms with Gasteiger partial charge in [0.2, 0.25) is 5.82 Å². The molecule has 0 bridgehead atoms. The fourth-order valence-corrected chi connectivity index (χ4v) is 2.38. The van der Waals surface area contributed by atoms with E-state index in [0.29, 0.717) is 23.4 Å². The zero-order valence-corrected chi connectivity index (χ0v) is 14.9. The SMILES string of the molecule is CCCNC(=O)Nc1ccc(-c2noc(-c3ccc(C(F)(F)F)cc3)n2)cc1. The molecule has 0 aliphatic rings. The Hall–Kier alpha value is -3.36. The van der Waals surface area contributed by atoms with Gasteiger partial charge in [-0.3, -0.25) is 0 Å². The molecule has 0 saturated heterocycles. The Bertz CT molecular complexity index is 935. The second-order valence-electron chi connectivity index (χ2n) is 5.96. The number of anilines is 1. The van der Waals surface area contributed by atoms with E-state index in [2.05, 4.69) is 20.8 Å². The summed E-state index contributed by atoms with van der Waals surface area (Å²) in [5.74, 6) is 0.404. The van der Waals surface area contributed by atoms with Gasteiger partial charge in [0, 0.05) is 23.4 Å². The van der Waals surface area contributed by atoms with Crippen molar-refractivity contribution in [2.24, 2.45) is 0 Å². The van der Waals surface area contributed by atoms with Gasteiger partial charge in [0.25, 0.3) is 5.89 Å². The van der Waals surface area contributed by atoms with Crippen molar-refractivity contribution >= 4 is 11.7 Å². The first kappa shape index (κ1) is 19.4. The van der Waals surface area contributed by atoms with Crippen LogP contribution in [0.5, 0.6) is 0 Å². The highest BCUT2D eigenvalue weighted by atomic mass is 19.4. The van der Waals surface area contributed by atoms with Crippen LogP contribution in [0, 0.1) is 0 Å². The third-order valence-corrected chi connectivity index (χ3v) is 3.82. The number of rotatable bonds is 5. The molecular formula is C19H17F3N4O2. The van der Waals surface area contributed by atoms with Crippen LogP contribution in [0.4, 0.5) is 23.7 Å². The van der Waals surface area contributed by atoms with Gasteiger partial charge in [0.15, 0.2) is 0 Å². The summed E-state index contributed by atoms with van der Waals surface area (Å²) in [6.45, 7) is 2.54. The summed E-state index contributed by atoms with van der Waals surface area (Å²) in [6.07, 6.45) is -3.56. The summed E-state index contributed by atoms with van der Waals surface area (Å²) in [4.78, 5) is 15.9. The number of alkyl halides is 3. The van der Waals surface area contributed by atoms with Crippen molar-refractivity contribution in [1.29, 1.82) is 0 Å². The number of carbonyl (C=O) groups excluding carboxylic acids is 1. The van der Waals surface area contributed by atoms with Crippen molar-refractivity contribution in [2.45, 2.75) is 19.5 Å². The standard InChI is InChI=1S/C19H17F3N4O2/c1-2-11-23-18(27)24-15-9-5-12(6-10-15)16-25-17(28-26-16)13-3-7-14(8-4-13)19(20,21)22/h3-10H,2,11H2,1H3,(H2,23,24,27). The van der Waals surface area contributed by atoms with E-state index in [-0.39, 0.29) is 17.7 Å². The summed E-state index contributed by atoms with van der Waals surface area (Å²) >= 11 is 0. The molecule has 2 aromatic carbocycles. The number of benzene rings is 2. The Labute approximate surface area is 158 Å². The highest BCUT2D eigenvalue weighted by Gasteiger charge is 2.30. The van der Waals surface area contributed by atoms with Crippen molar-refractivity contribution in [3.05, 3.63) is 54.1 Å². The quantitative estimate of drug-likeness (QED) is 0.646. The van der Waals surface area contributed by atoms with Gasteiger partial charge in [0.1, 0.15) is 0 Å². The maximum absolute atomic E-state index is 12.6. The van der Waals surface area contributed by atoms with Gasteiger partial charge in [-0.2, -0.15) is 18.2 Å². The van der Waals surface area contributed by atoms with E-state index in [1.165, 1.54) is 12.1 Å². The van der Waals surface area contributed by atoms with Crippen LogP contribution in [0.1, 0.15) is 18.9 Å². The Morgan fingerprint density at radius 1 is 1.04 bits per heavy atom. The molecule has 0 radical (unpaired) electrons. The molecule has 3 rings (SSSR count). The fourth-order valence-electron chi connectivity index (χ4n) is 2.38. The predicted molar refractivity (Wildman–Crippen MR) is 97.5 cm³/mol. The molecule has 6 nitrogen and oxygen atoms in total. The lowest BCUT2D eigenvalue weighted by molar-refractivity contribution is -0.137. The highest BCUT2D eigenvalue weighted by Crippen LogP contribution is 2.31. The van der Waals surface area contributed by atoms with Crippen molar-refractivity contribution in [3.8, 4) is 22.8 Å². The monoisotopic (exact) mass is 390 g/mol. The van der Waals surface area contributed by atoms with Crippen molar-refractivity contribution in [2.75, 3.05) is 11.9 Å². The number of urea groups is 1. The molecule has 1 heterocycles. The number of amides is 2. The Kier molecular flexibility index (Phi) is 5.62. The Balaban J connectivity index is 1.70. The molecule has 1 aromatic heterocycles. The van der Waals surface area contributed by atoms with Crippen LogP contribution in [0.2, 0.25) is 0 Å². The zero-order valence-electron chi connectivity index (χ0n) is 14.9. The Morgan fingerprint density at radius 3 is 2.29 bits per heavy atom. The van der Waals surface area contributed by atoms with E-state index in [9.17, 15) is 18.0 Å². The number of nitrogens with one attached hydrogen (secondary N) is 2. The van der Waals surface area contributed by atoms with Gasteiger partial charge in [0.05, 0.1) is 5.56 Å². The molecule has 0 aliphatic heterocycles. The van der Waals surface area contributed by atoms with Crippen molar-refractivity contribution in [1.82, 2.24) is 15.5 Å². The summed E-state index contributed by atoms with van der Waals surface area (Å²) in [5.41, 5.74) is 0.880. The Morgan fingerprint density at radius 2 is 1.68 bits per heavy atom. The molecule has 0 fully saturated rings. The number of nitrogens with zero attached hydrogens (tertiary/aromatic N) is 2. The zero-order chi connectivity index (χ0) is 20.1. The normalized spacial score (nSPS) is 11.3. The minimum atomic E-state index is -4.40. The summed E-state index contributed by atoms with van der Waals surface area (Å²) < 4.78 is 43.1. The largest absolute Gasteiger partial charge is 0.416 e. The lowest BCUT2D eigenvalue weighted by Crippen LogP contribution is -2.29.